The molecule has 0 saturated heterocycles. The molecule has 1 aromatic rings. The maximum Gasteiger partial charge on any atom is 0.223 e. The first-order valence-electron chi connectivity index (χ1n) is 6.93. The molecule has 0 bridgehead atoms. The Bertz CT molecular complexity index is 419. The van der Waals surface area contributed by atoms with E-state index in [1.54, 1.807) is 0 Å². The molecule has 1 aliphatic rings. The monoisotopic (exact) mass is 280 g/mol. The van der Waals surface area contributed by atoms with Crippen LogP contribution in [0.25, 0.3) is 0 Å². The lowest BCUT2D eigenvalue weighted by Crippen LogP contribution is -2.31. The Balaban J connectivity index is 1.64. The van der Waals surface area contributed by atoms with E-state index in [9.17, 15) is 4.79 Å². The van der Waals surface area contributed by atoms with Crippen LogP contribution in [-0.4, -0.2) is 18.5 Å². The largest absolute Gasteiger partial charge is 0.356 e. The molecule has 4 heteroatoms. The molecule has 3 nitrogen and oxygen atoms in total. The van der Waals surface area contributed by atoms with Crippen LogP contribution in [0.2, 0.25) is 5.02 Å². The van der Waals surface area contributed by atoms with Crippen LogP contribution in [0.1, 0.15) is 31.2 Å². The number of hydrogen-bond acceptors (Lipinski definition) is 2. The van der Waals surface area contributed by atoms with Gasteiger partial charge < -0.3 is 11.1 Å². The summed E-state index contributed by atoms with van der Waals surface area (Å²) in [7, 11) is 0. The van der Waals surface area contributed by atoms with Gasteiger partial charge >= 0.3 is 0 Å². The third kappa shape index (κ3) is 4.51. The molecule has 2 rings (SSSR count). The number of nitrogens with one attached hydrogen (secondary N) is 1. The molecule has 3 N–H and O–H groups in total. The Morgan fingerprint density at radius 3 is 2.68 bits per heavy atom. The van der Waals surface area contributed by atoms with Gasteiger partial charge in [-0.25, -0.2) is 0 Å². The molecule has 104 valence electrons. The molecule has 2 unspecified atom stereocenters. The van der Waals surface area contributed by atoms with E-state index in [2.05, 4.69) is 5.32 Å². The summed E-state index contributed by atoms with van der Waals surface area (Å²) in [5.41, 5.74) is 7.07. The number of rotatable bonds is 5. The van der Waals surface area contributed by atoms with E-state index in [-0.39, 0.29) is 17.9 Å². The lowest BCUT2D eigenvalue weighted by molar-refractivity contribution is -0.124. The van der Waals surface area contributed by atoms with E-state index in [4.69, 9.17) is 17.3 Å². The van der Waals surface area contributed by atoms with Crippen molar-refractivity contribution in [3.05, 3.63) is 34.9 Å². The first-order chi connectivity index (χ1) is 9.15. The van der Waals surface area contributed by atoms with Gasteiger partial charge in [-0.1, -0.05) is 23.7 Å². The predicted octanol–water partition coefficient (Wildman–Crippen LogP) is 2.52. The van der Waals surface area contributed by atoms with Gasteiger partial charge in [0.05, 0.1) is 0 Å². The molecule has 19 heavy (non-hydrogen) atoms. The van der Waals surface area contributed by atoms with Crippen molar-refractivity contribution in [1.29, 1.82) is 0 Å². The van der Waals surface area contributed by atoms with Gasteiger partial charge in [-0.15, -0.1) is 0 Å². The minimum Gasteiger partial charge on any atom is -0.356 e. The second kappa shape index (κ2) is 6.92. The molecule has 1 fully saturated rings. The smallest absolute Gasteiger partial charge is 0.223 e. The van der Waals surface area contributed by atoms with Crippen LogP contribution in [0.15, 0.2) is 24.3 Å². The zero-order chi connectivity index (χ0) is 13.7. The van der Waals surface area contributed by atoms with Gasteiger partial charge in [0.1, 0.15) is 0 Å². The molecule has 1 aliphatic carbocycles. The van der Waals surface area contributed by atoms with E-state index in [0.29, 0.717) is 0 Å². The van der Waals surface area contributed by atoms with Crippen LogP contribution >= 0.6 is 11.6 Å². The van der Waals surface area contributed by atoms with Gasteiger partial charge in [-0.05, 0) is 49.8 Å². The number of nitrogens with two attached hydrogens (primary N) is 1. The maximum atomic E-state index is 11.9. The van der Waals surface area contributed by atoms with Crippen LogP contribution in [0.5, 0.6) is 0 Å². The van der Waals surface area contributed by atoms with Crippen molar-refractivity contribution in [2.24, 2.45) is 11.7 Å². The lowest BCUT2D eigenvalue weighted by atomic mass is 10.1. The van der Waals surface area contributed by atoms with Crippen molar-refractivity contribution in [3.8, 4) is 0 Å². The average molecular weight is 281 g/mol. The van der Waals surface area contributed by atoms with Crippen LogP contribution in [-0.2, 0) is 11.2 Å². The molecule has 0 aliphatic heterocycles. The molecule has 0 spiro atoms. The van der Waals surface area contributed by atoms with Gasteiger partial charge in [-0.3, -0.25) is 4.79 Å². The number of carbonyl (C=O) groups excluding carboxylic acids is 1. The molecular formula is C15H21ClN2O. The summed E-state index contributed by atoms with van der Waals surface area (Å²) < 4.78 is 0. The van der Waals surface area contributed by atoms with E-state index in [0.717, 1.165) is 43.7 Å². The normalized spacial score (nSPS) is 22.4. The molecule has 0 aromatic heterocycles. The van der Waals surface area contributed by atoms with Crippen LogP contribution in [0.4, 0.5) is 0 Å². The summed E-state index contributed by atoms with van der Waals surface area (Å²) in [4.78, 5) is 11.9. The second-order valence-corrected chi connectivity index (χ2v) is 5.73. The average Bonchev–Trinajstić information content (AvgIpc) is 2.83. The second-order valence-electron chi connectivity index (χ2n) is 5.29. The molecule has 0 heterocycles. The van der Waals surface area contributed by atoms with Gasteiger partial charge in [0.2, 0.25) is 5.91 Å². The van der Waals surface area contributed by atoms with Crippen LogP contribution in [0.3, 0.4) is 0 Å². The van der Waals surface area contributed by atoms with E-state index >= 15 is 0 Å². The highest BCUT2D eigenvalue weighted by Gasteiger charge is 2.27. The summed E-state index contributed by atoms with van der Waals surface area (Å²) in [5, 5.41) is 3.77. The predicted molar refractivity (Wildman–Crippen MR) is 78.1 cm³/mol. The third-order valence-electron chi connectivity index (χ3n) is 3.70. The minimum absolute atomic E-state index is 0.130. The Morgan fingerprint density at radius 1 is 1.32 bits per heavy atom. The number of benzene rings is 1. The van der Waals surface area contributed by atoms with Crippen LogP contribution in [0, 0.1) is 5.92 Å². The van der Waals surface area contributed by atoms with E-state index < -0.39 is 0 Å². The highest BCUT2D eigenvalue weighted by Crippen LogP contribution is 2.23. The molecule has 1 amide bonds. The van der Waals surface area contributed by atoms with Crippen LogP contribution < -0.4 is 11.1 Å². The minimum atomic E-state index is 0.130. The summed E-state index contributed by atoms with van der Waals surface area (Å²) in [6.45, 7) is 0.729. The molecular weight excluding hydrogens is 260 g/mol. The van der Waals surface area contributed by atoms with Crippen molar-refractivity contribution in [1.82, 2.24) is 5.32 Å². The van der Waals surface area contributed by atoms with Gasteiger partial charge in [0.15, 0.2) is 0 Å². The molecule has 2 atom stereocenters. The Morgan fingerprint density at radius 2 is 2.05 bits per heavy atom. The van der Waals surface area contributed by atoms with E-state index in [1.165, 1.54) is 5.56 Å². The molecule has 0 radical (unpaired) electrons. The SMILES string of the molecule is NC1CCC(C(=O)NCCCc2ccc(Cl)cc2)C1. The summed E-state index contributed by atoms with van der Waals surface area (Å²) in [6.07, 6.45) is 4.66. The fraction of sp³-hybridized carbons (Fsp3) is 0.533. The number of halogens is 1. The van der Waals surface area contributed by atoms with Crippen molar-refractivity contribution in [2.45, 2.75) is 38.1 Å². The third-order valence-corrected chi connectivity index (χ3v) is 3.95. The standard InChI is InChI=1S/C15H21ClN2O/c16-13-6-3-11(4-7-13)2-1-9-18-15(19)12-5-8-14(17)10-12/h3-4,6-7,12,14H,1-2,5,8-10,17H2,(H,18,19). The Hall–Kier alpha value is -1.06. The first-order valence-corrected chi connectivity index (χ1v) is 7.30. The van der Waals surface area contributed by atoms with Crippen molar-refractivity contribution in [2.75, 3.05) is 6.54 Å². The quantitative estimate of drug-likeness (QED) is 0.815. The van der Waals surface area contributed by atoms with E-state index in [1.807, 2.05) is 24.3 Å². The maximum absolute atomic E-state index is 11.9. The number of carbonyl (C=O) groups is 1. The van der Waals surface area contributed by atoms with Crippen molar-refractivity contribution >= 4 is 17.5 Å². The zero-order valence-electron chi connectivity index (χ0n) is 11.1. The zero-order valence-corrected chi connectivity index (χ0v) is 11.8. The topological polar surface area (TPSA) is 55.1 Å². The summed E-state index contributed by atoms with van der Waals surface area (Å²) in [5.74, 6) is 0.301. The lowest BCUT2D eigenvalue weighted by Gasteiger charge is -2.10. The first kappa shape index (κ1) is 14.4. The highest BCUT2D eigenvalue weighted by molar-refractivity contribution is 6.30. The summed E-state index contributed by atoms with van der Waals surface area (Å²) >= 11 is 5.83. The fourth-order valence-corrected chi connectivity index (χ4v) is 2.68. The molecule has 1 saturated carbocycles. The Kier molecular flexibility index (Phi) is 5.23. The number of amides is 1. The number of hydrogen-bond donors (Lipinski definition) is 2. The Labute approximate surface area is 119 Å². The van der Waals surface area contributed by atoms with Gasteiger partial charge in [-0.2, -0.15) is 0 Å². The van der Waals surface area contributed by atoms with Crippen molar-refractivity contribution < 1.29 is 4.79 Å². The van der Waals surface area contributed by atoms with Gasteiger partial charge in [0.25, 0.3) is 0 Å². The fourth-order valence-electron chi connectivity index (χ4n) is 2.55. The highest BCUT2D eigenvalue weighted by atomic mass is 35.5. The van der Waals surface area contributed by atoms with Crippen molar-refractivity contribution in [3.63, 3.8) is 0 Å². The number of aryl methyl sites for hydroxylation is 1. The van der Waals surface area contributed by atoms with Gasteiger partial charge in [0, 0.05) is 23.5 Å². The molecule has 1 aromatic carbocycles. The summed E-state index contributed by atoms with van der Waals surface area (Å²) in [6, 6.07) is 8.07.